The zero-order chi connectivity index (χ0) is 6.41. The third-order valence-electron chi connectivity index (χ3n) is 1.22. The summed E-state index contributed by atoms with van der Waals surface area (Å²) < 4.78 is 0. The van der Waals surface area contributed by atoms with Gasteiger partial charge in [-0.1, -0.05) is 25.5 Å². The molecule has 0 saturated heterocycles. The smallest absolute Gasteiger partial charge is 0.0372 e. The fraction of sp³-hybridized carbons (Fsp3) is 1.00. The highest BCUT2D eigenvalue weighted by atomic mass is 15.4. The molecule has 0 bridgehead atoms. The summed E-state index contributed by atoms with van der Waals surface area (Å²) in [4.78, 5) is 0. The molecule has 1 atom stereocenters. The summed E-state index contributed by atoms with van der Waals surface area (Å²) in [5.74, 6) is 0.629. The van der Waals surface area contributed by atoms with Gasteiger partial charge in [0.25, 0.3) is 0 Å². The molecule has 0 aromatic rings. The van der Waals surface area contributed by atoms with E-state index in [2.05, 4.69) is 24.5 Å². The molecule has 0 unspecified atom stereocenters. The van der Waals surface area contributed by atoms with Crippen molar-refractivity contribution in [1.82, 2.24) is 5.43 Å². The van der Waals surface area contributed by atoms with Crippen LogP contribution in [0.5, 0.6) is 0 Å². The Bertz CT molecular complexity index is 62.7. The summed E-state index contributed by atoms with van der Waals surface area (Å²) in [7, 11) is 0. The van der Waals surface area contributed by atoms with E-state index in [0.29, 0.717) is 5.92 Å². The molecule has 3 heteroatoms. The average molecular weight is 115 g/mol. The Morgan fingerprint density at radius 2 is 2.38 bits per heavy atom. The van der Waals surface area contributed by atoms with Crippen molar-refractivity contribution in [2.45, 2.75) is 20.3 Å². The Kier molecular flexibility index (Phi) is 4.21. The molecule has 0 aliphatic heterocycles. The van der Waals surface area contributed by atoms with Gasteiger partial charge in [-0.3, -0.25) is 5.43 Å². The van der Waals surface area contributed by atoms with Crippen LogP contribution in [0.4, 0.5) is 0 Å². The van der Waals surface area contributed by atoms with E-state index in [9.17, 15) is 0 Å². The molecule has 0 aliphatic rings. The lowest BCUT2D eigenvalue weighted by Gasteiger charge is -2.04. The average Bonchev–Trinajstić information content (AvgIpc) is 1.83. The maximum Gasteiger partial charge on any atom is 0.0372 e. The van der Waals surface area contributed by atoms with Crippen LogP contribution in [0.15, 0.2) is 5.22 Å². The molecule has 0 aromatic carbocycles. The number of hydrogen-bond acceptors (Lipinski definition) is 2. The Morgan fingerprint density at radius 1 is 1.75 bits per heavy atom. The molecule has 0 amide bonds. The minimum Gasteiger partial charge on any atom is -0.292 e. The van der Waals surface area contributed by atoms with E-state index < -0.39 is 0 Å². The van der Waals surface area contributed by atoms with Crippen molar-refractivity contribution in [3.05, 3.63) is 0 Å². The maximum absolute atomic E-state index is 6.38. The Hall–Kier alpha value is -0.600. The van der Waals surface area contributed by atoms with Gasteiger partial charge in [-0.25, -0.2) is 0 Å². The maximum atomic E-state index is 6.38. The standard InChI is InChI=1S/C5H13N3/c1-3-5(2)4-7-8-6/h5H,3-4H2,1-2H3,(H2,6,7)/t5-/m1/s1. The molecule has 0 heterocycles. The second kappa shape index (κ2) is 4.56. The van der Waals surface area contributed by atoms with Crippen LogP contribution in [0.25, 0.3) is 0 Å². The van der Waals surface area contributed by atoms with Crippen LogP contribution in [0.1, 0.15) is 20.3 Å². The molecule has 8 heavy (non-hydrogen) atoms. The summed E-state index contributed by atoms with van der Waals surface area (Å²) in [5, 5.41) is 3.02. The van der Waals surface area contributed by atoms with Crippen LogP contribution >= 0.6 is 0 Å². The first-order valence-electron chi connectivity index (χ1n) is 2.90. The molecule has 0 rings (SSSR count). The van der Waals surface area contributed by atoms with Crippen LogP contribution < -0.4 is 5.43 Å². The van der Waals surface area contributed by atoms with Crippen molar-refractivity contribution in [2.24, 2.45) is 11.1 Å². The van der Waals surface area contributed by atoms with Crippen molar-refractivity contribution in [3.63, 3.8) is 0 Å². The van der Waals surface area contributed by atoms with E-state index in [1.54, 1.807) is 0 Å². The number of rotatable bonds is 4. The molecule has 48 valence electrons. The van der Waals surface area contributed by atoms with Crippen LogP contribution in [-0.2, 0) is 0 Å². The summed E-state index contributed by atoms with van der Waals surface area (Å²) in [6.45, 7) is 5.06. The number of nitrogens with one attached hydrogen (secondary N) is 2. The first kappa shape index (κ1) is 7.40. The zero-order valence-corrected chi connectivity index (χ0v) is 5.44. The molecule has 0 saturated carbocycles. The van der Waals surface area contributed by atoms with E-state index in [1.165, 1.54) is 0 Å². The molecule has 0 radical (unpaired) electrons. The summed E-state index contributed by atoms with van der Waals surface area (Å²) >= 11 is 0. The molecule has 0 aromatic heterocycles. The Balaban J connectivity index is 2.97. The van der Waals surface area contributed by atoms with Gasteiger partial charge in [0, 0.05) is 6.54 Å². The second-order valence-electron chi connectivity index (χ2n) is 1.99. The van der Waals surface area contributed by atoms with E-state index in [4.69, 9.17) is 5.53 Å². The number of nitrogens with zero attached hydrogens (tertiary/aromatic N) is 1. The fourth-order valence-electron chi connectivity index (χ4n) is 0.346. The monoisotopic (exact) mass is 115 g/mol. The van der Waals surface area contributed by atoms with Crippen molar-refractivity contribution in [1.29, 1.82) is 5.53 Å². The van der Waals surface area contributed by atoms with Crippen molar-refractivity contribution in [3.8, 4) is 0 Å². The van der Waals surface area contributed by atoms with Crippen LogP contribution in [0.2, 0.25) is 0 Å². The Labute approximate surface area is 50.0 Å². The zero-order valence-electron chi connectivity index (χ0n) is 5.44. The van der Waals surface area contributed by atoms with Crippen molar-refractivity contribution in [2.75, 3.05) is 6.54 Å². The summed E-state index contributed by atoms with van der Waals surface area (Å²) in [5.41, 5.74) is 8.98. The van der Waals surface area contributed by atoms with Gasteiger partial charge < -0.3 is 0 Å². The number of hydrogen-bond donors (Lipinski definition) is 2. The van der Waals surface area contributed by atoms with Gasteiger partial charge in [0.1, 0.15) is 0 Å². The highest BCUT2D eigenvalue weighted by Gasteiger charge is 1.93. The van der Waals surface area contributed by atoms with E-state index in [-0.39, 0.29) is 0 Å². The first-order chi connectivity index (χ1) is 3.81. The molecular weight excluding hydrogens is 102 g/mol. The van der Waals surface area contributed by atoms with E-state index >= 15 is 0 Å². The SMILES string of the molecule is CC[C@@H](C)CNN=N. The third kappa shape index (κ3) is 3.59. The Morgan fingerprint density at radius 3 is 2.75 bits per heavy atom. The minimum atomic E-state index is 0.629. The van der Waals surface area contributed by atoms with E-state index in [1.807, 2.05) is 0 Å². The quantitative estimate of drug-likeness (QED) is 0.424. The second-order valence-corrected chi connectivity index (χ2v) is 1.99. The first-order valence-corrected chi connectivity index (χ1v) is 2.90. The lowest BCUT2D eigenvalue weighted by molar-refractivity contribution is 0.496. The minimum absolute atomic E-state index is 0.629. The van der Waals surface area contributed by atoms with Crippen LogP contribution in [-0.4, -0.2) is 6.54 Å². The predicted octanol–water partition coefficient (Wildman–Crippen LogP) is 1.57. The highest BCUT2D eigenvalue weighted by Crippen LogP contribution is 1.96. The van der Waals surface area contributed by atoms with Gasteiger partial charge in [-0.15, -0.1) is 0 Å². The lowest BCUT2D eigenvalue weighted by atomic mass is 10.1. The molecule has 3 nitrogen and oxygen atoms in total. The van der Waals surface area contributed by atoms with Gasteiger partial charge in [0.15, 0.2) is 0 Å². The molecule has 2 N–H and O–H groups in total. The summed E-state index contributed by atoms with van der Waals surface area (Å²) in [6.07, 6.45) is 1.14. The van der Waals surface area contributed by atoms with Crippen molar-refractivity contribution < 1.29 is 0 Å². The largest absolute Gasteiger partial charge is 0.292 e. The third-order valence-corrected chi connectivity index (χ3v) is 1.22. The van der Waals surface area contributed by atoms with Gasteiger partial charge in [0.2, 0.25) is 0 Å². The van der Waals surface area contributed by atoms with Crippen molar-refractivity contribution >= 4 is 0 Å². The summed E-state index contributed by atoms with van der Waals surface area (Å²) in [6, 6.07) is 0. The van der Waals surface area contributed by atoms with E-state index in [0.717, 1.165) is 13.0 Å². The van der Waals surface area contributed by atoms with Crippen LogP contribution in [0, 0.1) is 11.4 Å². The molecule has 0 spiro atoms. The normalized spacial score (nSPS) is 12.8. The van der Waals surface area contributed by atoms with Gasteiger partial charge >= 0.3 is 0 Å². The van der Waals surface area contributed by atoms with Crippen LogP contribution in [0.3, 0.4) is 0 Å². The van der Waals surface area contributed by atoms with Gasteiger partial charge in [-0.2, -0.15) is 5.53 Å². The molecular formula is C5H13N3. The predicted molar refractivity (Wildman–Crippen MR) is 32.6 cm³/mol. The van der Waals surface area contributed by atoms with Gasteiger partial charge in [0.05, 0.1) is 0 Å². The topological polar surface area (TPSA) is 48.2 Å². The lowest BCUT2D eigenvalue weighted by Crippen LogP contribution is -2.13. The van der Waals surface area contributed by atoms with Gasteiger partial charge in [-0.05, 0) is 5.92 Å². The molecule has 0 fully saturated rings. The fourth-order valence-corrected chi connectivity index (χ4v) is 0.346. The highest BCUT2D eigenvalue weighted by molar-refractivity contribution is 4.48. The molecule has 0 aliphatic carbocycles.